The highest BCUT2D eigenvalue weighted by Crippen LogP contribution is 1.86. The van der Waals surface area contributed by atoms with Gasteiger partial charge in [-0.05, 0) is 0 Å². The van der Waals surface area contributed by atoms with Crippen LogP contribution in [0.4, 0.5) is 0 Å². The molecule has 0 aliphatic carbocycles. The van der Waals surface area contributed by atoms with Gasteiger partial charge in [0.1, 0.15) is 0 Å². The fourth-order valence-electron chi connectivity index (χ4n) is 0.508. The molecule has 0 N–H and O–H groups in total. The van der Waals surface area contributed by atoms with Gasteiger partial charge in [-0.3, -0.25) is 8.37 Å². The van der Waals surface area contributed by atoms with E-state index >= 15 is 0 Å². The van der Waals surface area contributed by atoms with Crippen molar-refractivity contribution < 1.29 is 26.3 Å². The number of hydrogen-bond donors (Lipinski definition) is 0. The predicted octanol–water partition coefficient (Wildman–Crippen LogP) is -0.443. The molecular formula is C6H14O6S. The summed E-state index contributed by atoms with van der Waals surface area (Å²) in [6.07, 6.45) is 0. The van der Waals surface area contributed by atoms with Gasteiger partial charge in [0.15, 0.2) is 0 Å². The minimum absolute atomic E-state index is 0.778. The Morgan fingerprint density at radius 3 is 1.31 bits per heavy atom. The summed E-state index contributed by atoms with van der Waals surface area (Å²) in [5, 5.41) is 0. The van der Waals surface area contributed by atoms with E-state index in [2.05, 4.69) is 8.37 Å². The van der Waals surface area contributed by atoms with Crippen LogP contribution in [0.1, 0.15) is 0 Å². The van der Waals surface area contributed by atoms with Gasteiger partial charge in [0.25, 0.3) is 0 Å². The maximum Gasteiger partial charge on any atom is 0.399 e. The molecular weight excluding hydrogens is 200 g/mol. The van der Waals surface area contributed by atoms with Crippen LogP contribution in [-0.4, -0.2) is 49.1 Å². The molecule has 80 valence electrons. The van der Waals surface area contributed by atoms with E-state index in [4.69, 9.17) is 9.47 Å². The van der Waals surface area contributed by atoms with E-state index in [1.54, 1.807) is 0 Å². The summed E-state index contributed by atoms with van der Waals surface area (Å²) in [4.78, 5) is 0. The van der Waals surface area contributed by atoms with Crippen LogP contribution in [0.2, 0.25) is 0 Å². The van der Waals surface area contributed by atoms with E-state index in [0.717, 1.165) is 40.6 Å². The summed E-state index contributed by atoms with van der Waals surface area (Å²) >= 11 is 0. The van der Waals surface area contributed by atoms with Crippen LogP contribution in [0, 0.1) is 0 Å². The van der Waals surface area contributed by atoms with E-state index in [-0.39, 0.29) is 0 Å². The highest BCUT2D eigenvalue weighted by atomic mass is 32.3. The molecule has 0 aromatic heterocycles. The third-order valence-electron chi connectivity index (χ3n) is 1.15. The standard InChI is InChI=1S/C4H8O2.C2H6O4S/c1-2-6-4-3-5-1;1-5-7(3,4)6-2/h1-4H2;1-2H3. The summed E-state index contributed by atoms with van der Waals surface area (Å²) in [5.41, 5.74) is 0. The second-order valence-electron chi connectivity index (χ2n) is 1.97. The molecule has 0 unspecified atom stereocenters. The first-order valence-electron chi connectivity index (χ1n) is 3.64. The van der Waals surface area contributed by atoms with Crippen molar-refractivity contribution in [2.24, 2.45) is 0 Å². The Morgan fingerprint density at radius 1 is 0.923 bits per heavy atom. The fraction of sp³-hybridized carbons (Fsp3) is 1.00. The molecule has 0 saturated carbocycles. The van der Waals surface area contributed by atoms with Crippen molar-refractivity contribution in [3.63, 3.8) is 0 Å². The molecule has 0 amide bonds. The summed E-state index contributed by atoms with van der Waals surface area (Å²) < 4.78 is 37.4. The van der Waals surface area contributed by atoms with E-state index in [9.17, 15) is 8.42 Å². The molecule has 1 aliphatic heterocycles. The SMILES string of the molecule is C1COCCO1.COS(=O)(=O)OC. The number of hydrogen-bond acceptors (Lipinski definition) is 6. The highest BCUT2D eigenvalue weighted by molar-refractivity contribution is 7.81. The summed E-state index contributed by atoms with van der Waals surface area (Å²) in [6, 6.07) is 0. The normalized spacial score (nSPS) is 17.4. The summed E-state index contributed by atoms with van der Waals surface area (Å²) in [5.74, 6) is 0. The number of rotatable bonds is 2. The molecule has 0 radical (unpaired) electrons. The van der Waals surface area contributed by atoms with Crippen LogP contribution >= 0.6 is 0 Å². The Bertz CT molecular complexity index is 174. The van der Waals surface area contributed by atoms with Crippen LogP contribution in [0.5, 0.6) is 0 Å². The summed E-state index contributed by atoms with van der Waals surface area (Å²) in [6.45, 7) is 3.11. The molecule has 0 aromatic carbocycles. The van der Waals surface area contributed by atoms with Crippen LogP contribution < -0.4 is 0 Å². The van der Waals surface area contributed by atoms with Gasteiger partial charge >= 0.3 is 10.4 Å². The molecule has 0 aromatic rings. The minimum Gasteiger partial charge on any atom is -0.377 e. The molecule has 6 nitrogen and oxygen atoms in total. The van der Waals surface area contributed by atoms with Crippen molar-refractivity contribution in [2.45, 2.75) is 0 Å². The molecule has 0 spiro atoms. The Morgan fingerprint density at radius 2 is 1.23 bits per heavy atom. The van der Waals surface area contributed by atoms with E-state index < -0.39 is 10.4 Å². The molecule has 1 fully saturated rings. The van der Waals surface area contributed by atoms with Gasteiger partial charge in [0, 0.05) is 0 Å². The van der Waals surface area contributed by atoms with Crippen LogP contribution in [0.15, 0.2) is 0 Å². The maximum atomic E-state index is 9.92. The highest BCUT2D eigenvalue weighted by Gasteiger charge is 2.01. The fourth-order valence-corrected chi connectivity index (χ4v) is 0.644. The van der Waals surface area contributed by atoms with Gasteiger partial charge in [-0.2, -0.15) is 8.42 Å². The van der Waals surface area contributed by atoms with Gasteiger partial charge in [-0.1, -0.05) is 0 Å². The van der Waals surface area contributed by atoms with Crippen molar-refractivity contribution in [1.82, 2.24) is 0 Å². The van der Waals surface area contributed by atoms with Crippen molar-refractivity contribution in [3.8, 4) is 0 Å². The van der Waals surface area contributed by atoms with Gasteiger partial charge in [-0.25, -0.2) is 0 Å². The molecule has 1 heterocycles. The first kappa shape index (κ1) is 12.8. The lowest BCUT2D eigenvalue weighted by atomic mass is 10.6. The second kappa shape index (κ2) is 7.22. The largest absolute Gasteiger partial charge is 0.399 e. The smallest absolute Gasteiger partial charge is 0.377 e. The minimum atomic E-state index is -3.66. The third-order valence-corrected chi connectivity index (χ3v) is 1.97. The van der Waals surface area contributed by atoms with E-state index in [1.807, 2.05) is 0 Å². The van der Waals surface area contributed by atoms with Gasteiger partial charge < -0.3 is 9.47 Å². The lowest BCUT2D eigenvalue weighted by Crippen LogP contribution is -2.16. The average molecular weight is 214 g/mol. The predicted molar refractivity (Wildman–Crippen MR) is 44.6 cm³/mol. The zero-order valence-electron chi connectivity index (χ0n) is 7.69. The maximum absolute atomic E-state index is 9.92. The molecule has 1 aliphatic rings. The van der Waals surface area contributed by atoms with Crippen molar-refractivity contribution >= 4 is 10.4 Å². The third kappa shape index (κ3) is 8.13. The Hall–Kier alpha value is -0.210. The molecule has 1 saturated heterocycles. The van der Waals surface area contributed by atoms with Crippen molar-refractivity contribution in [1.29, 1.82) is 0 Å². The van der Waals surface area contributed by atoms with Crippen LogP contribution in [0.25, 0.3) is 0 Å². The Labute approximate surface area is 78.1 Å². The lowest BCUT2D eigenvalue weighted by molar-refractivity contribution is -0.0334. The molecule has 13 heavy (non-hydrogen) atoms. The quantitative estimate of drug-likeness (QED) is 0.620. The van der Waals surface area contributed by atoms with Crippen LogP contribution in [-0.2, 0) is 28.2 Å². The molecule has 7 heteroatoms. The molecule has 0 bridgehead atoms. The molecule has 1 rings (SSSR count). The van der Waals surface area contributed by atoms with Gasteiger partial charge in [0.2, 0.25) is 0 Å². The molecule has 0 atom stereocenters. The zero-order valence-corrected chi connectivity index (χ0v) is 8.50. The summed E-state index contributed by atoms with van der Waals surface area (Å²) in [7, 11) is -1.60. The van der Waals surface area contributed by atoms with Gasteiger partial charge in [-0.15, -0.1) is 0 Å². The Kier molecular flexibility index (Phi) is 7.10. The first-order valence-corrected chi connectivity index (χ1v) is 4.97. The zero-order chi connectivity index (χ0) is 10.2. The van der Waals surface area contributed by atoms with Crippen molar-refractivity contribution in [3.05, 3.63) is 0 Å². The monoisotopic (exact) mass is 214 g/mol. The van der Waals surface area contributed by atoms with E-state index in [0.29, 0.717) is 0 Å². The number of ether oxygens (including phenoxy) is 2. The van der Waals surface area contributed by atoms with E-state index in [1.165, 1.54) is 0 Å². The average Bonchev–Trinajstić information content (AvgIpc) is 2.21. The topological polar surface area (TPSA) is 71.1 Å². The first-order chi connectivity index (χ1) is 6.12. The lowest BCUT2D eigenvalue weighted by Gasteiger charge is -2.09. The Balaban J connectivity index is 0.000000223. The second-order valence-corrected chi connectivity index (χ2v) is 3.45. The van der Waals surface area contributed by atoms with Gasteiger partial charge in [0.05, 0.1) is 40.6 Å². The van der Waals surface area contributed by atoms with Crippen molar-refractivity contribution in [2.75, 3.05) is 40.6 Å². The van der Waals surface area contributed by atoms with Crippen LogP contribution in [0.3, 0.4) is 0 Å².